The molecule has 2 aliphatic heterocycles. The van der Waals surface area contributed by atoms with Gasteiger partial charge in [-0.25, -0.2) is 0 Å². The van der Waals surface area contributed by atoms with Crippen molar-refractivity contribution in [3.05, 3.63) is 35.4 Å². The fraction of sp³-hybridized carbons (Fsp3) is 0.714. The highest BCUT2D eigenvalue weighted by atomic mass is 16.5. The molecule has 3 fully saturated rings. The average molecular weight is 500 g/mol. The molecule has 4 rings (SSSR count). The van der Waals surface area contributed by atoms with Gasteiger partial charge in [0.15, 0.2) is 0 Å². The minimum Gasteiger partial charge on any atom is -0.379 e. The molecule has 0 aromatic heterocycles. The molecular formula is C28H45N5O3. The van der Waals surface area contributed by atoms with Crippen molar-refractivity contribution in [2.45, 2.75) is 83.1 Å². The molecule has 200 valence electrons. The number of hydrogen-bond donors (Lipinski definition) is 2. The van der Waals surface area contributed by atoms with Gasteiger partial charge in [-0.05, 0) is 56.6 Å². The highest BCUT2D eigenvalue weighted by molar-refractivity contribution is 5.87. The number of nitrogens with two attached hydrogens (primary N) is 1. The number of likely N-dealkylation sites (tertiary alicyclic amines) is 1. The summed E-state index contributed by atoms with van der Waals surface area (Å²) in [5.41, 5.74) is 8.68. The van der Waals surface area contributed by atoms with Crippen LogP contribution in [0.15, 0.2) is 24.3 Å². The third kappa shape index (κ3) is 7.28. The molecule has 1 unspecified atom stereocenters. The highest BCUT2D eigenvalue weighted by Gasteiger charge is 2.38. The maximum absolute atomic E-state index is 13.5. The van der Waals surface area contributed by atoms with Gasteiger partial charge in [-0.1, -0.05) is 24.3 Å². The molecule has 36 heavy (non-hydrogen) atoms. The molecule has 2 heterocycles. The van der Waals surface area contributed by atoms with Gasteiger partial charge in [-0.3, -0.25) is 19.4 Å². The molecule has 1 aromatic rings. The largest absolute Gasteiger partial charge is 0.379 e. The SMILES string of the molecule is CC(=O)N1CCC(N(CCN2CCOCC2)Cc2ccccc2C)C[C@@H]1C(=O)NC1CCC(N)CC1. The number of carbonyl (C=O) groups is 2. The molecule has 0 spiro atoms. The normalized spacial score (nSPS) is 27.7. The number of carbonyl (C=O) groups excluding carboxylic acids is 2. The second-order valence-electron chi connectivity index (χ2n) is 10.9. The van der Waals surface area contributed by atoms with Crippen molar-refractivity contribution in [2.24, 2.45) is 5.73 Å². The van der Waals surface area contributed by atoms with Crippen LogP contribution in [0, 0.1) is 6.92 Å². The van der Waals surface area contributed by atoms with Crippen LogP contribution in [-0.4, -0.2) is 96.6 Å². The first-order valence-electron chi connectivity index (χ1n) is 13.8. The summed E-state index contributed by atoms with van der Waals surface area (Å²) >= 11 is 0. The molecule has 3 N–H and O–H groups in total. The molecule has 3 aliphatic rings. The van der Waals surface area contributed by atoms with Gasteiger partial charge in [0.05, 0.1) is 13.2 Å². The van der Waals surface area contributed by atoms with E-state index in [1.165, 1.54) is 11.1 Å². The second kappa shape index (κ2) is 13.0. The minimum atomic E-state index is -0.417. The summed E-state index contributed by atoms with van der Waals surface area (Å²) in [4.78, 5) is 32.8. The average Bonchev–Trinajstić information content (AvgIpc) is 2.89. The molecule has 2 saturated heterocycles. The van der Waals surface area contributed by atoms with Gasteiger partial charge in [0.1, 0.15) is 6.04 Å². The van der Waals surface area contributed by atoms with E-state index < -0.39 is 6.04 Å². The molecule has 8 nitrogen and oxygen atoms in total. The van der Waals surface area contributed by atoms with Crippen LogP contribution >= 0.6 is 0 Å². The lowest BCUT2D eigenvalue weighted by Gasteiger charge is -2.43. The van der Waals surface area contributed by atoms with Crippen molar-refractivity contribution < 1.29 is 14.3 Å². The van der Waals surface area contributed by atoms with Crippen molar-refractivity contribution >= 4 is 11.8 Å². The third-order valence-corrected chi connectivity index (χ3v) is 8.36. The Balaban J connectivity index is 1.46. The summed E-state index contributed by atoms with van der Waals surface area (Å²) in [5.74, 6) is -0.0163. The van der Waals surface area contributed by atoms with E-state index in [1.807, 2.05) is 0 Å². The van der Waals surface area contributed by atoms with E-state index in [0.29, 0.717) is 13.0 Å². The summed E-state index contributed by atoms with van der Waals surface area (Å²) in [6.07, 6.45) is 5.29. The zero-order chi connectivity index (χ0) is 25.5. The Labute approximate surface area is 216 Å². The van der Waals surface area contributed by atoms with E-state index in [1.54, 1.807) is 11.8 Å². The number of ether oxygens (including phenoxy) is 1. The smallest absolute Gasteiger partial charge is 0.243 e. The van der Waals surface area contributed by atoms with Crippen LogP contribution in [0.4, 0.5) is 0 Å². The number of piperidine rings is 1. The first kappa shape index (κ1) is 27.0. The Kier molecular flexibility index (Phi) is 9.76. The second-order valence-corrected chi connectivity index (χ2v) is 10.9. The van der Waals surface area contributed by atoms with E-state index in [9.17, 15) is 9.59 Å². The summed E-state index contributed by atoms with van der Waals surface area (Å²) in [6, 6.07) is 8.80. The lowest BCUT2D eigenvalue weighted by molar-refractivity contribution is -0.142. The number of aryl methyl sites for hydroxylation is 1. The van der Waals surface area contributed by atoms with E-state index in [0.717, 1.165) is 78.0 Å². The number of nitrogens with zero attached hydrogens (tertiary/aromatic N) is 3. The molecule has 8 heteroatoms. The Morgan fingerprint density at radius 3 is 2.50 bits per heavy atom. The van der Waals surface area contributed by atoms with Crippen LogP contribution in [-0.2, 0) is 20.9 Å². The van der Waals surface area contributed by atoms with Crippen LogP contribution in [0.3, 0.4) is 0 Å². The maximum atomic E-state index is 13.5. The minimum absolute atomic E-state index is 0.000563. The molecule has 0 radical (unpaired) electrons. The molecule has 1 aliphatic carbocycles. The van der Waals surface area contributed by atoms with E-state index in [-0.39, 0.29) is 29.9 Å². The molecule has 2 amide bonds. The Bertz CT molecular complexity index is 866. The monoisotopic (exact) mass is 499 g/mol. The Hall–Kier alpha value is -2.00. The van der Waals surface area contributed by atoms with Crippen LogP contribution in [0.25, 0.3) is 0 Å². The lowest BCUT2D eigenvalue weighted by atomic mass is 9.90. The molecule has 0 bridgehead atoms. The number of nitrogens with one attached hydrogen (secondary N) is 1. The zero-order valence-corrected chi connectivity index (χ0v) is 22.2. The van der Waals surface area contributed by atoms with E-state index >= 15 is 0 Å². The predicted molar refractivity (Wildman–Crippen MR) is 141 cm³/mol. The zero-order valence-electron chi connectivity index (χ0n) is 22.2. The summed E-state index contributed by atoms with van der Waals surface area (Å²) < 4.78 is 5.53. The van der Waals surface area contributed by atoms with E-state index in [2.05, 4.69) is 46.3 Å². The highest BCUT2D eigenvalue weighted by Crippen LogP contribution is 2.26. The van der Waals surface area contributed by atoms with Gasteiger partial charge in [0.25, 0.3) is 0 Å². The van der Waals surface area contributed by atoms with Gasteiger partial charge in [-0.2, -0.15) is 0 Å². The van der Waals surface area contributed by atoms with Crippen molar-refractivity contribution in [1.29, 1.82) is 0 Å². The number of rotatable bonds is 8. The Morgan fingerprint density at radius 1 is 1.08 bits per heavy atom. The van der Waals surface area contributed by atoms with Crippen molar-refractivity contribution in [2.75, 3.05) is 45.9 Å². The summed E-state index contributed by atoms with van der Waals surface area (Å²) in [6.45, 7) is 10.7. The van der Waals surface area contributed by atoms with Crippen LogP contribution in [0.5, 0.6) is 0 Å². The van der Waals surface area contributed by atoms with Gasteiger partial charge in [0.2, 0.25) is 11.8 Å². The number of hydrogen-bond acceptors (Lipinski definition) is 6. The molecule has 1 saturated carbocycles. The molecular weight excluding hydrogens is 454 g/mol. The number of benzene rings is 1. The molecule has 1 aromatic carbocycles. The topological polar surface area (TPSA) is 91.1 Å². The quantitative estimate of drug-likeness (QED) is 0.568. The maximum Gasteiger partial charge on any atom is 0.243 e. The van der Waals surface area contributed by atoms with Crippen LogP contribution in [0.2, 0.25) is 0 Å². The van der Waals surface area contributed by atoms with Gasteiger partial charge in [-0.15, -0.1) is 0 Å². The fourth-order valence-corrected chi connectivity index (χ4v) is 5.96. The van der Waals surface area contributed by atoms with E-state index in [4.69, 9.17) is 10.5 Å². The fourth-order valence-electron chi connectivity index (χ4n) is 5.96. The van der Waals surface area contributed by atoms with Crippen molar-refractivity contribution in [3.8, 4) is 0 Å². The standard InChI is InChI=1S/C28H45N5O3/c1-21-5-3-4-6-23(21)20-32(14-13-31-15-17-36-18-16-31)26-11-12-33(22(2)34)27(19-26)28(35)30-25-9-7-24(29)8-10-25/h3-6,24-27H,7-20,29H2,1-2H3,(H,30,35)/t24?,25?,26?,27-/m1/s1. The number of amides is 2. The summed E-state index contributed by atoms with van der Waals surface area (Å²) in [5, 5.41) is 3.27. The van der Waals surface area contributed by atoms with Crippen LogP contribution < -0.4 is 11.1 Å². The number of morpholine rings is 1. The van der Waals surface area contributed by atoms with Crippen LogP contribution in [0.1, 0.15) is 56.6 Å². The van der Waals surface area contributed by atoms with Crippen molar-refractivity contribution in [3.63, 3.8) is 0 Å². The van der Waals surface area contributed by atoms with Crippen molar-refractivity contribution in [1.82, 2.24) is 20.0 Å². The third-order valence-electron chi connectivity index (χ3n) is 8.36. The summed E-state index contributed by atoms with van der Waals surface area (Å²) in [7, 11) is 0. The lowest BCUT2D eigenvalue weighted by Crippen LogP contribution is -2.58. The Morgan fingerprint density at radius 2 is 1.81 bits per heavy atom. The van der Waals surface area contributed by atoms with Gasteiger partial charge >= 0.3 is 0 Å². The van der Waals surface area contributed by atoms with Gasteiger partial charge < -0.3 is 20.7 Å². The molecule has 2 atom stereocenters. The first-order chi connectivity index (χ1) is 17.4. The van der Waals surface area contributed by atoms with Gasteiger partial charge in [0, 0.05) is 64.3 Å². The first-order valence-corrected chi connectivity index (χ1v) is 13.8. The predicted octanol–water partition coefficient (Wildman–Crippen LogP) is 1.89.